The highest BCUT2D eigenvalue weighted by molar-refractivity contribution is 9.09. The third-order valence-electron chi connectivity index (χ3n) is 3.88. The van der Waals surface area contributed by atoms with Gasteiger partial charge in [-0.15, -0.1) is 0 Å². The number of hydrogen-bond acceptors (Lipinski definition) is 4. The quantitative estimate of drug-likeness (QED) is 0.335. The van der Waals surface area contributed by atoms with Gasteiger partial charge in [0.1, 0.15) is 11.2 Å². The topological polar surface area (TPSA) is 52.6 Å². The van der Waals surface area contributed by atoms with Crippen molar-refractivity contribution < 1.29 is 19.1 Å². The number of ether oxygens (including phenoxy) is 2. The Bertz CT molecular complexity index is 769. The van der Waals surface area contributed by atoms with E-state index in [-0.39, 0.29) is 6.61 Å². The molecule has 0 aliphatic heterocycles. The molecule has 4 nitrogen and oxygen atoms in total. The van der Waals surface area contributed by atoms with Gasteiger partial charge in [0.25, 0.3) is 0 Å². The Labute approximate surface area is 166 Å². The van der Waals surface area contributed by atoms with E-state index < -0.39 is 22.2 Å². The summed E-state index contributed by atoms with van der Waals surface area (Å²) in [6.45, 7) is 4.96. The van der Waals surface area contributed by atoms with Gasteiger partial charge in [-0.25, -0.2) is 0 Å². The largest absolute Gasteiger partial charge is 0.471 e. The number of benzene rings is 2. The molecule has 0 aliphatic rings. The molecule has 0 saturated heterocycles. The third-order valence-corrected chi connectivity index (χ3v) is 4.73. The Morgan fingerprint density at radius 2 is 1.54 bits per heavy atom. The fourth-order valence-electron chi connectivity index (χ4n) is 2.24. The average Bonchev–Trinajstić information content (AvgIpc) is 2.62. The summed E-state index contributed by atoms with van der Waals surface area (Å²) >= 11 is 9.11. The third kappa shape index (κ3) is 4.86. The van der Waals surface area contributed by atoms with E-state index >= 15 is 0 Å². The Morgan fingerprint density at radius 3 is 2.04 bits per heavy atom. The van der Waals surface area contributed by atoms with Crippen LogP contribution in [-0.4, -0.2) is 23.4 Å². The Hall–Kier alpha value is -1.85. The van der Waals surface area contributed by atoms with Crippen molar-refractivity contribution in [1.29, 1.82) is 0 Å². The maximum Gasteiger partial charge on any atom is 0.319 e. The van der Waals surface area contributed by atoms with E-state index in [0.717, 1.165) is 11.1 Å². The zero-order chi connectivity index (χ0) is 19.3. The molecule has 0 aromatic heterocycles. The van der Waals surface area contributed by atoms with Gasteiger partial charge >= 0.3 is 5.97 Å². The first-order valence-electron chi connectivity index (χ1n) is 8.14. The Balaban J connectivity index is 2.07. The number of carbonyl (C=O) groups excluding carboxylic acids is 2. The number of esters is 1. The normalized spacial score (nSPS) is 12.3. The van der Waals surface area contributed by atoms with Crippen LogP contribution in [0.3, 0.4) is 0 Å². The van der Waals surface area contributed by atoms with Crippen LogP contribution in [0.2, 0.25) is 5.02 Å². The second-order valence-electron chi connectivity index (χ2n) is 6.17. The van der Waals surface area contributed by atoms with Gasteiger partial charge in [-0.1, -0.05) is 35.9 Å². The summed E-state index contributed by atoms with van der Waals surface area (Å²) in [7, 11) is 0. The van der Waals surface area contributed by atoms with Crippen LogP contribution in [-0.2, 0) is 14.3 Å². The van der Waals surface area contributed by atoms with Crippen molar-refractivity contribution in [3.8, 4) is 16.9 Å². The maximum absolute atomic E-state index is 12.5. The van der Waals surface area contributed by atoms with E-state index in [9.17, 15) is 9.59 Å². The molecule has 0 amide bonds. The Kier molecular flexibility index (Phi) is 6.84. The van der Waals surface area contributed by atoms with Crippen LogP contribution in [0.4, 0.5) is 0 Å². The standard InChI is InChI=1S/C20H20BrClO4/c1-4-25-19(24)20(2,3)17(23)18(21)26-16-11-7-14(8-12-16)13-5-9-15(22)10-6-13/h5-12,18H,4H2,1-3H3. The molecule has 0 aliphatic carbocycles. The second kappa shape index (κ2) is 8.69. The molecule has 1 atom stereocenters. The zero-order valence-corrected chi connectivity index (χ0v) is 17.1. The van der Waals surface area contributed by atoms with Crippen molar-refractivity contribution in [2.45, 2.75) is 25.8 Å². The summed E-state index contributed by atoms with van der Waals surface area (Å²) in [4.78, 5) is 24.5. The number of Topliss-reactive ketones (excluding diaryl/α,β-unsaturated/α-hetero) is 1. The number of halogens is 2. The minimum atomic E-state index is -1.30. The Morgan fingerprint density at radius 1 is 1.04 bits per heavy atom. The summed E-state index contributed by atoms with van der Waals surface area (Å²) in [5.74, 6) is -0.466. The SMILES string of the molecule is CCOC(=O)C(C)(C)C(=O)C(Br)Oc1ccc(-c2ccc(Cl)cc2)cc1. The highest BCUT2D eigenvalue weighted by Crippen LogP contribution is 2.28. The molecule has 0 radical (unpaired) electrons. The van der Waals surface area contributed by atoms with Gasteiger partial charge in [-0.05, 0) is 72.1 Å². The van der Waals surface area contributed by atoms with E-state index in [0.29, 0.717) is 10.8 Å². The lowest BCUT2D eigenvalue weighted by atomic mass is 9.88. The van der Waals surface area contributed by atoms with Gasteiger partial charge in [0, 0.05) is 5.02 Å². The molecular formula is C20H20BrClO4. The van der Waals surface area contributed by atoms with E-state index in [4.69, 9.17) is 21.1 Å². The van der Waals surface area contributed by atoms with Gasteiger partial charge < -0.3 is 9.47 Å². The van der Waals surface area contributed by atoms with Crippen LogP contribution in [0.1, 0.15) is 20.8 Å². The van der Waals surface area contributed by atoms with Crippen LogP contribution < -0.4 is 4.74 Å². The first-order chi connectivity index (χ1) is 12.3. The number of carbonyl (C=O) groups is 2. The average molecular weight is 440 g/mol. The fourth-order valence-corrected chi connectivity index (χ4v) is 3.15. The van der Waals surface area contributed by atoms with Crippen molar-refractivity contribution in [1.82, 2.24) is 0 Å². The molecule has 0 fully saturated rings. The molecule has 0 bridgehead atoms. The first kappa shape index (κ1) is 20.5. The predicted molar refractivity (Wildman–Crippen MR) is 106 cm³/mol. The van der Waals surface area contributed by atoms with Gasteiger partial charge in [0.05, 0.1) is 6.61 Å². The minimum absolute atomic E-state index is 0.218. The number of ketones is 1. The van der Waals surface area contributed by atoms with Gasteiger partial charge in [0.15, 0.2) is 0 Å². The van der Waals surface area contributed by atoms with E-state index in [2.05, 4.69) is 15.9 Å². The van der Waals surface area contributed by atoms with Crippen LogP contribution in [0.25, 0.3) is 11.1 Å². The van der Waals surface area contributed by atoms with E-state index in [1.807, 2.05) is 36.4 Å². The van der Waals surface area contributed by atoms with Crippen LogP contribution >= 0.6 is 27.5 Å². The molecule has 0 spiro atoms. The van der Waals surface area contributed by atoms with Crippen LogP contribution in [0.5, 0.6) is 5.75 Å². The predicted octanol–water partition coefficient (Wildman–Crippen LogP) is 5.27. The molecule has 2 aromatic carbocycles. The molecule has 0 heterocycles. The number of hydrogen-bond donors (Lipinski definition) is 0. The molecule has 2 rings (SSSR count). The summed E-state index contributed by atoms with van der Waals surface area (Å²) in [6.07, 6.45) is 0. The molecule has 2 aromatic rings. The monoisotopic (exact) mass is 438 g/mol. The molecule has 0 saturated carbocycles. The fraction of sp³-hybridized carbons (Fsp3) is 0.300. The number of rotatable bonds is 7. The molecule has 138 valence electrons. The number of alkyl halides is 1. The molecule has 26 heavy (non-hydrogen) atoms. The van der Waals surface area contributed by atoms with Crippen LogP contribution in [0, 0.1) is 5.41 Å². The van der Waals surface area contributed by atoms with Crippen molar-refractivity contribution in [2.75, 3.05) is 6.61 Å². The smallest absolute Gasteiger partial charge is 0.319 e. The van der Waals surface area contributed by atoms with Crippen molar-refractivity contribution >= 4 is 39.3 Å². The highest BCUT2D eigenvalue weighted by atomic mass is 79.9. The first-order valence-corrected chi connectivity index (χ1v) is 9.43. The molecular weight excluding hydrogens is 420 g/mol. The minimum Gasteiger partial charge on any atom is -0.471 e. The zero-order valence-electron chi connectivity index (χ0n) is 14.8. The lowest BCUT2D eigenvalue weighted by molar-refractivity contribution is -0.158. The molecule has 0 N–H and O–H groups in total. The summed E-state index contributed by atoms with van der Waals surface area (Å²) < 4.78 is 10.6. The van der Waals surface area contributed by atoms with Crippen molar-refractivity contribution in [2.24, 2.45) is 5.41 Å². The summed E-state index contributed by atoms with van der Waals surface area (Å²) in [5, 5.41) is -0.276. The van der Waals surface area contributed by atoms with E-state index in [1.54, 1.807) is 19.1 Å². The molecule has 1 unspecified atom stereocenters. The molecule has 6 heteroatoms. The van der Waals surface area contributed by atoms with E-state index in [1.165, 1.54) is 13.8 Å². The lowest BCUT2D eigenvalue weighted by Crippen LogP contribution is -2.41. The summed E-state index contributed by atoms with van der Waals surface area (Å²) in [5.41, 5.74) is 0.724. The lowest BCUT2D eigenvalue weighted by Gasteiger charge is -2.24. The van der Waals surface area contributed by atoms with Gasteiger partial charge in [-0.3, -0.25) is 9.59 Å². The summed E-state index contributed by atoms with van der Waals surface area (Å²) in [6, 6.07) is 14.8. The maximum atomic E-state index is 12.5. The second-order valence-corrected chi connectivity index (χ2v) is 7.44. The van der Waals surface area contributed by atoms with Gasteiger partial charge in [0.2, 0.25) is 10.8 Å². The van der Waals surface area contributed by atoms with Crippen molar-refractivity contribution in [3.05, 3.63) is 53.6 Å². The van der Waals surface area contributed by atoms with Crippen molar-refractivity contribution in [3.63, 3.8) is 0 Å². The van der Waals surface area contributed by atoms with Crippen LogP contribution in [0.15, 0.2) is 48.5 Å². The highest BCUT2D eigenvalue weighted by Gasteiger charge is 2.41. The van der Waals surface area contributed by atoms with Gasteiger partial charge in [-0.2, -0.15) is 0 Å².